The summed E-state index contributed by atoms with van der Waals surface area (Å²) in [6.45, 7) is 1.47. The van der Waals surface area contributed by atoms with Crippen molar-refractivity contribution in [3.63, 3.8) is 0 Å². The third-order valence-electron chi connectivity index (χ3n) is 3.15. The van der Waals surface area contributed by atoms with Crippen LogP contribution in [0.2, 0.25) is 0 Å². The first-order valence-corrected chi connectivity index (χ1v) is 9.40. The number of carbonyl (C=O) groups excluding carboxylic acids is 2. The van der Waals surface area contributed by atoms with Gasteiger partial charge in [0.15, 0.2) is 0 Å². The van der Waals surface area contributed by atoms with Crippen molar-refractivity contribution >= 4 is 34.9 Å². The quantitative estimate of drug-likeness (QED) is 0.530. The zero-order valence-electron chi connectivity index (χ0n) is 13.4. The maximum atomic E-state index is 12.4. The minimum absolute atomic E-state index is 0.0782. The topological polar surface area (TPSA) is 67.4 Å². The average molecular weight is 364 g/mol. The SMILES string of the molecule is COCCNC(=O)CSc1ccccc1C(=O)NCc1ccsc1. The highest BCUT2D eigenvalue weighted by molar-refractivity contribution is 8.00. The number of ether oxygens (including phenoxy) is 1. The van der Waals surface area contributed by atoms with Gasteiger partial charge in [0.25, 0.3) is 5.91 Å². The van der Waals surface area contributed by atoms with E-state index in [0.717, 1.165) is 10.5 Å². The lowest BCUT2D eigenvalue weighted by Gasteiger charge is -2.10. The average Bonchev–Trinajstić information content (AvgIpc) is 3.12. The Morgan fingerprint density at radius 1 is 1.21 bits per heavy atom. The molecule has 0 spiro atoms. The van der Waals surface area contributed by atoms with E-state index in [4.69, 9.17) is 4.74 Å². The number of benzene rings is 1. The van der Waals surface area contributed by atoms with Gasteiger partial charge in [0.2, 0.25) is 5.91 Å². The van der Waals surface area contributed by atoms with Crippen LogP contribution < -0.4 is 10.6 Å². The molecule has 128 valence electrons. The van der Waals surface area contributed by atoms with Crippen LogP contribution in [0.3, 0.4) is 0 Å². The number of thioether (sulfide) groups is 1. The number of thiophene rings is 1. The van der Waals surface area contributed by atoms with Gasteiger partial charge in [-0.3, -0.25) is 9.59 Å². The molecule has 0 saturated heterocycles. The van der Waals surface area contributed by atoms with E-state index in [0.29, 0.717) is 25.3 Å². The Morgan fingerprint density at radius 2 is 2.04 bits per heavy atom. The Hall–Kier alpha value is -1.83. The minimum Gasteiger partial charge on any atom is -0.383 e. The van der Waals surface area contributed by atoms with Crippen molar-refractivity contribution in [2.45, 2.75) is 11.4 Å². The van der Waals surface area contributed by atoms with Gasteiger partial charge in [-0.1, -0.05) is 12.1 Å². The molecule has 0 unspecified atom stereocenters. The number of nitrogens with one attached hydrogen (secondary N) is 2. The van der Waals surface area contributed by atoms with Crippen molar-refractivity contribution in [1.82, 2.24) is 10.6 Å². The van der Waals surface area contributed by atoms with Crippen molar-refractivity contribution in [3.05, 3.63) is 52.2 Å². The fourth-order valence-corrected chi connectivity index (χ4v) is 3.49. The molecule has 0 aliphatic carbocycles. The van der Waals surface area contributed by atoms with Gasteiger partial charge in [-0.25, -0.2) is 0 Å². The normalized spacial score (nSPS) is 10.4. The molecular formula is C17H20N2O3S2. The summed E-state index contributed by atoms with van der Waals surface area (Å²) in [5.41, 5.74) is 1.67. The summed E-state index contributed by atoms with van der Waals surface area (Å²) in [5, 5.41) is 9.66. The molecular weight excluding hydrogens is 344 g/mol. The molecule has 0 atom stereocenters. The first-order valence-electron chi connectivity index (χ1n) is 7.47. The monoisotopic (exact) mass is 364 g/mol. The molecule has 1 heterocycles. The van der Waals surface area contributed by atoms with E-state index in [1.165, 1.54) is 11.8 Å². The highest BCUT2D eigenvalue weighted by Crippen LogP contribution is 2.22. The van der Waals surface area contributed by atoms with Gasteiger partial charge in [0, 0.05) is 25.1 Å². The largest absolute Gasteiger partial charge is 0.383 e. The predicted molar refractivity (Wildman–Crippen MR) is 97.5 cm³/mol. The van der Waals surface area contributed by atoms with E-state index in [2.05, 4.69) is 10.6 Å². The molecule has 2 amide bonds. The molecule has 0 bridgehead atoms. The van der Waals surface area contributed by atoms with Crippen molar-refractivity contribution in [3.8, 4) is 0 Å². The third-order valence-corrected chi connectivity index (χ3v) is 4.96. The number of amides is 2. The van der Waals surface area contributed by atoms with Crippen molar-refractivity contribution in [2.24, 2.45) is 0 Å². The Labute approximate surface area is 149 Å². The standard InChI is InChI=1S/C17H20N2O3S2/c1-22-8-7-18-16(20)12-24-15-5-3-2-4-14(15)17(21)19-10-13-6-9-23-11-13/h2-6,9,11H,7-8,10,12H2,1H3,(H,18,20)(H,19,21). The molecule has 1 aromatic carbocycles. The highest BCUT2D eigenvalue weighted by Gasteiger charge is 2.12. The van der Waals surface area contributed by atoms with E-state index in [1.54, 1.807) is 24.5 Å². The number of hydrogen-bond donors (Lipinski definition) is 2. The molecule has 0 aliphatic rings. The van der Waals surface area contributed by atoms with Gasteiger partial charge >= 0.3 is 0 Å². The van der Waals surface area contributed by atoms with Gasteiger partial charge in [-0.15, -0.1) is 11.8 Å². The lowest BCUT2D eigenvalue weighted by Crippen LogP contribution is -2.28. The minimum atomic E-state index is -0.135. The van der Waals surface area contributed by atoms with Crippen molar-refractivity contribution in [1.29, 1.82) is 0 Å². The number of hydrogen-bond acceptors (Lipinski definition) is 5. The highest BCUT2D eigenvalue weighted by atomic mass is 32.2. The van der Waals surface area contributed by atoms with Gasteiger partial charge in [0.1, 0.15) is 0 Å². The lowest BCUT2D eigenvalue weighted by molar-refractivity contribution is -0.118. The van der Waals surface area contributed by atoms with Crippen LogP contribution in [0.4, 0.5) is 0 Å². The summed E-state index contributed by atoms with van der Waals surface area (Å²) in [6.07, 6.45) is 0. The van der Waals surface area contributed by atoms with E-state index in [-0.39, 0.29) is 17.6 Å². The molecule has 0 aliphatic heterocycles. The van der Waals surface area contributed by atoms with Crippen LogP contribution in [0.25, 0.3) is 0 Å². The van der Waals surface area contributed by atoms with Gasteiger partial charge in [0.05, 0.1) is 17.9 Å². The smallest absolute Gasteiger partial charge is 0.252 e. The Kier molecular flexibility index (Phi) is 7.81. The molecule has 2 aromatic rings. The maximum absolute atomic E-state index is 12.4. The fourth-order valence-electron chi connectivity index (χ4n) is 1.94. The zero-order valence-corrected chi connectivity index (χ0v) is 15.0. The van der Waals surface area contributed by atoms with E-state index < -0.39 is 0 Å². The number of carbonyl (C=O) groups is 2. The van der Waals surface area contributed by atoms with Gasteiger partial charge in [-0.2, -0.15) is 11.3 Å². The van der Waals surface area contributed by atoms with E-state index in [1.807, 2.05) is 35.0 Å². The van der Waals surface area contributed by atoms with Crippen LogP contribution in [0.1, 0.15) is 15.9 Å². The number of methoxy groups -OCH3 is 1. The predicted octanol–water partition coefficient (Wildman–Crippen LogP) is 2.53. The first-order chi connectivity index (χ1) is 11.7. The first kappa shape index (κ1) is 18.5. The second-order valence-corrected chi connectivity index (χ2v) is 6.74. The second kappa shape index (κ2) is 10.1. The number of rotatable bonds is 9. The van der Waals surface area contributed by atoms with Crippen LogP contribution in [0, 0.1) is 0 Å². The molecule has 2 N–H and O–H groups in total. The third kappa shape index (κ3) is 5.99. The molecule has 5 nitrogen and oxygen atoms in total. The van der Waals surface area contributed by atoms with Crippen LogP contribution in [-0.4, -0.2) is 37.8 Å². The fraction of sp³-hybridized carbons (Fsp3) is 0.294. The van der Waals surface area contributed by atoms with E-state index in [9.17, 15) is 9.59 Å². The van der Waals surface area contributed by atoms with Crippen LogP contribution in [0.5, 0.6) is 0 Å². The zero-order chi connectivity index (χ0) is 17.2. The molecule has 1 aromatic heterocycles. The Bertz CT molecular complexity index is 660. The molecule has 7 heteroatoms. The second-order valence-electron chi connectivity index (χ2n) is 4.94. The molecule has 2 rings (SSSR count). The molecule has 0 saturated carbocycles. The summed E-state index contributed by atoms with van der Waals surface area (Å²) in [5.74, 6) is 0.0491. The maximum Gasteiger partial charge on any atom is 0.252 e. The summed E-state index contributed by atoms with van der Waals surface area (Å²) in [6, 6.07) is 9.29. The van der Waals surface area contributed by atoms with Crippen molar-refractivity contribution < 1.29 is 14.3 Å². The van der Waals surface area contributed by atoms with Crippen LogP contribution in [0.15, 0.2) is 46.0 Å². The van der Waals surface area contributed by atoms with Crippen LogP contribution >= 0.6 is 23.1 Å². The van der Waals surface area contributed by atoms with Gasteiger partial charge in [-0.05, 0) is 34.5 Å². The molecule has 24 heavy (non-hydrogen) atoms. The Balaban J connectivity index is 1.89. The van der Waals surface area contributed by atoms with E-state index >= 15 is 0 Å². The molecule has 0 fully saturated rings. The van der Waals surface area contributed by atoms with Crippen LogP contribution in [-0.2, 0) is 16.1 Å². The van der Waals surface area contributed by atoms with Crippen molar-refractivity contribution in [2.75, 3.05) is 26.0 Å². The summed E-state index contributed by atoms with van der Waals surface area (Å²) < 4.78 is 4.89. The lowest BCUT2D eigenvalue weighted by atomic mass is 10.2. The summed E-state index contributed by atoms with van der Waals surface area (Å²) in [4.78, 5) is 24.9. The summed E-state index contributed by atoms with van der Waals surface area (Å²) in [7, 11) is 1.59. The Morgan fingerprint density at radius 3 is 2.79 bits per heavy atom. The molecule has 0 radical (unpaired) electrons. The van der Waals surface area contributed by atoms with Gasteiger partial charge < -0.3 is 15.4 Å². The summed E-state index contributed by atoms with van der Waals surface area (Å²) >= 11 is 2.95.